The Bertz CT molecular complexity index is 621. The lowest BCUT2D eigenvalue weighted by Crippen LogP contribution is -2.35. The number of thiophene rings is 1. The number of hydrogen-bond donors (Lipinski definition) is 1. The molecule has 1 aliphatic heterocycles. The van der Waals surface area contributed by atoms with Gasteiger partial charge >= 0.3 is 0 Å². The van der Waals surface area contributed by atoms with Gasteiger partial charge in [0.15, 0.2) is 0 Å². The monoisotopic (exact) mass is 289 g/mol. The quantitative estimate of drug-likeness (QED) is 0.863. The highest BCUT2D eigenvalue weighted by atomic mass is 32.1. The Labute approximate surface area is 122 Å². The van der Waals surface area contributed by atoms with Crippen LogP contribution >= 0.6 is 23.6 Å². The summed E-state index contributed by atoms with van der Waals surface area (Å²) >= 11 is 6.97. The molecule has 2 N–H and O–H groups in total. The summed E-state index contributed by atoms with van der Waals surface area (Å²) in [4.78, 5) is 8.68. The van der Waals surface area contributed by atoms with Crippen molar-refractivity contribution in [3.8, 4) is 0 Å². The average Bonchev–Trinajstić information content (AvgIpc) is 2.88. The van der Waals surface area contributed by atoms with Gasteiger partial charge in [-0.3, -0.25) is 0 Å². The van der Waals surface area contributed by atoms with E-state index >= 15 is 0 Å². The summed E-state index contributed by atoms with van der Waals surface area (Å²) < 4.78 is 0. The molecule has 0 saturated heterocycles. The van der Waals surface area contributed by atoms with Crippen LogP contribution < -0.4 is 10.6 Å². The topological polar surface area (TPSA) is 42.2 Å². The van der Waals surface area contributed by atoms with Gasteiger partial charge in [0.1, 0.15) is 10.8 Å². The molecule has 1 unspecified atom stereocenters. The molecule has 2 aromatic rings. The molecule has 3 nitrogen and oxygen atoms in total. The summed E-state index contributed by atoms with van der Waals surface area (Å²) in [7, 11) is 0. The number of pyridine rings is 1. The van der Waals surface area contributed by atoms with Gasteiger partial charge in [0.25, 0.3) is 0 Å². The van der Waals surface area contributed by atoms with Gasteiger partial charge in [-0.2, -0.15) is 0 Å². The van der Waals surface area contributed by atoms with Gasteiger partial charge in [-0.25, -0.2) is 4.98 Å². The summed E-state index contributed by atoms with van der Waals surface area (Å²) in [5.74, 6) is 0.902. The van der Waals surface area contributed by atoms with Gasteiger partial charge < -0.3 is 10.6 Å². The normalized spacial score (nSPS) is 18.2. The lowest BCUT2D eigenvalue weighted by molar-refractivity contribution is 0.624. The fraction of sp³-hybridized carbons (Fsp3) is 0.286. The Kier molecular flexibility index (Phi) is 3.24. The van der Waals surface area contributed by atoms with E-state index in [2.05, 4.69) is 28.3 Å². The van der Waals surface area contributed by atoms with Crippen LogP contribution in [0.15, 0.2) is 29.8 Å². The van der Waals surface area contributed by atoms with Crippen LogP contribution in [0, 0.1) is 0 Å². The van der Waals surface area contributed by atoms with Crippen LogP contribution in [0.25, 0.3) is 0 Å². The highest BCUT2D eigenvalue weighted by Crippen LogP contribution is 2.36. The predicted molar refractivity (Wildman–Crippen MR) is 83.9 cm³/mol. The fourth-order valence-corrected chi connectivity index (χ4v) is 3.74. The molecule has 1 atom stereocenters. The van der Waals surface area contributed by atoms with E-state index in [1.807, 2.05) is 23.5 Å². The molecule has 0 saturated carbocycles. The van der Waals surface area contributed by atoms with Crippen molar-refractivity contribution in [1.29, 1.82) is 0 Å². The third-order valence-corrected chi connectivity index (χ3v) is 4.82. The molecular weight excluding hydrogens is 274 g/mol. The first-order valence-electron chi connectivity index (χ1n) is 6.26. The number of hydrogen-bond acceptors (Lipinski definition) is 4. The number of nitrogens with two attached hydrogens (primary N) is 1. The molecule has 3 heterocycles. The average molecular weight is 289 g/mol. The van der Waals surface area contributed by atoms with Crippen molar-refractivity contribution in [2.75, 3.05) is 11.4 Å². The van der Waals surface area contributed by atoms with Crippen molar-refractivity contribution in [3.63, 3.8) is 0 Å². The minimum Gasteiger partial charge on any atom is -0.389 e. The molecule has 2 aromatic heterocycles. The summed E-state index contributed by atoms with van der Waals surface area (Å²) in [6.45, 7) is 3.17. The second-order valence-corrected chi connectivity index (χ2v) is 6.10. The molecule has 3 rings (SSSR count). The minimum atomic E-state index is 0.318. The Morgan fingerprint density at radius 3 is 3.16 bits per heavy atom. The molecule has 0 amide bonds. The van der Waals surface area contributed by atoms with Gasteiger partial charge in [-0.15, -0.1) is 11.3 Å². The van der Waals surface area contributed by atoms with Gasteiger partial charge in [-0.05, 0) is 42.5 Å². The Balaban J connectivity index is 2.03. The van der Waals surface area contributed by atoms with Crippen molar-refractivity contribution in [3.05, 3.63) is 45.8 Å². The molecule has 0 spiro atoms. The predicted octanol–water partition coefficient (Wildman–Crippen LogP) is 2.90. The minimum absolute atomic E-state index is 0.318. The first-order valence-corrected chi connectivity index (χ1v) is 7.55. The standard InChI is InChI=1S/C14H15N3S2/c1-9-10-5-8-19-12(10)4-7-17(9)14-11(13(15)18)3-2-6-16-14/h2-3,5-6,8-9H,4,7H2,1H3,(H2,15,18). The lowest BCUT2D eigenvalue weighted by Gasteiger charge is -2.35. The van der Waals surface area contributed by atoms with Crippen molar-refractivity contribution >= 4 is 34.4 Å². The molecule has 98 valence electrons. The van der Waals surface area contributed by atoms with Crippen molar-refractivity contribution in [1.82, 2.24) is 4.98 Å². The Morgan fingerprint density at radius 2 is 2.37 bits per heavy atom. The van der Waals surface area contributed by atoms with Crippen molar-refractivity contribution in [2.24, 2.45) is 5.73 Å². The molecule has 1 aliphatic rings. The van der Waals surface area contributed by atoms with Crippen LogP contribution in [0.2, 0.25) is 0 Å². The molecule has 0 aliphatic carbocycles. The molecule has 0 radical (unpaired) electrons. The van der Waals surface area contributed by atoms with Crippen LogP contribution in [0.4, 0.5) is 5.82 Å². The zero-order chi connectivity index (χ0) is 13.4. The van der Waals surface area contributed by atoms with Crippen LogP contribution in [-0.2, 0) is 6.42 Å². The SMILES string of the molecule is CC1c2ccsc2CCN1c1ncccc1C(N)=S. The maximum absolute atomic E-state index is 5.81. The maximum atomic E-state index is 5.81. The molecule has 0 aromatic carbocycles. The van der Waals surface area contributed by atoms with E-state index in [-0.39, 0.29) is 0 Å². The Morgan fingerprint density at radius 1 is 1.53 bits per heavy atom. The lowest BCUT2D eigenvalue weighted by atomic mass is 10.0. The number of rotatable bonds is 2. The first-order chi connectivity index (χ1) is 9.18. The third-order valence-electron chi connectivity index (χ3n) is 3.60. The molecule has 19 heavy (non-hydrogen) atoms. The van der Waals surface area contributed by atoms with E-state index in [1.165, 1.54) is 10.4 Å². The summed E-state index contributed by atoms with van der Waals surface area (Å²) in [5, 5.41) is 2.16. The second kappa shape index (κ2) is 4.90. The highest BCUT2D eigenvalue weighted by molar-refractivity contribution is 7.80. The number of fused-ring (bicyclic) bond motifs is 1. The summed E-state index contributed by atoms with van der Waals surface area (Å²) in [6, 6.07) is 6.35. The largest absolute Gasteiger partial charge is 0.389 e. The van der Waals surface area contributed by atoms with E-state index in [0.29, 0.717) is 11.0 Å². The first kappa shape index (κ1) is 12.6. The van der Waals surface area contributed by atoms with Crippen LogP contribution in [0.1, 0.15) is 29.0 Å². The Hall–Kier alpha value is -1.46. The number of nitrogens with zero attached hydrogens (tertiary/aromatic N) is 2. The molecule has 0 bridgehead atoms. The second-order valence-electron chi connectivity index (χ2n) is 4.66. The van der Waals surface area contributed by atoms with E-state index in [4.69, 9.17) is 18.0 Å². The van der Waals surface area contributed by atoms with Crippen molar-refractivity contribution in [2.45, 2.75) is 19.4 Å². The van der Waals surface area contributed by atoms with Crippen LogP contribution in [0.3, 0.4) is 0 Å². The smallest absolute Gasteiger partial charge is 0.139 e. The van der Waals surface area contributed by atoms with Gasteiger partial charge in [0.2, 0.25) is 0 Å². The third kappa shape index (κ3) is 2.13. The summed E-state index contributed by atoms with van der Waals surface area (Å²) in [5.41, 5.74) is 8.07. The van der Waals surface area contributed by atoms with E-state index in [0.717, 1.165) is 24.3 Å². The zero-order valence-corrected chi connectivity index (χ0v) is 12.3. The summed E-state index contributed by atoms with van der Waals surface area (Å²) in [6.07, 6.45) is 2.86. The molecule has 0 fully saturated rings. The number of thiocarbonyl (C=S) groups is 1. The number of anilines is 1. The van der Waals surface area contributed by atoms with Gasteiger partial charge in [0.05, 0.1) is 11.6 Å². The van der Waals surface area contributed by atoms with Gasteiger partial charge in [-0.1, -0.05) is 12.2 Å². The fourth-order valence-electron chi connectivity index (χ4n) is 2.62. The van der Waals surface area contributed by atoms with E-state index in [1.54, 1.807) is 6.20 Å². The van der Waals surface area contributed by atoms with Crippen LogP contribution in [-0.4, -0.2) is 16.5 Å². The van der Waals surface area contributed by atoms with E-state index < -0.39 is 0 Å². The maximum Gasteiger partial charge on any atom is 0.139 e. The van der Waals surface area contributed by atoms with Crippen molar-refractivity contribution < 1.29 is 0 Å². The highest BCUT2D eigenvalue weighted by Gasteiger charge is 2.27. The zero-order valence-electron chi connectivity index (χ0n) is 10.7. The number of aromatic nitrogens is 1. The van der Waals surface area contributed by atoms with Gasteiger partial charge in [0, 0.05) is 17.6 Å². The van der Waals surface area contributed by atoms with E-state index in [9.17, 15) is 0 Å². The molecule has 5 heteroatoms. The van der Waals surface area contributed by atoms with Crippen LogP contribution in [0.5, 0.6) is 0 Å². The molecular formula is C14H15N3S2.